The molecule has 4 saturated carbocycles. The summed E-state index contributed by atoms with van der Waals surface area (Å²) in [7, 11) is 0. The second kappa shape index (κ2) is 17.9. The molecule has 4 fully saturated rings. The Hall–Kier alpha value is -5.38. The van der Waals surface area contributed by atoms with E-state index in [0.717, 1.165) is 71.2 Å². The maximum atomic E-state index is 14.2. The molecule has 4 heterocycles. The zero-order valence-corrected chi connectivity index (χ0v) is 42.0. The van der Waals surface area contributed by atoms with E-state index in [4.69, 9.17) is 29.0 Å². The molecule has 10 rings (SSSR count). The molecule has 0 radical (unpaired) electrons. The summed E-state index contributed by atoms with van der Waals surface area (Å²) in [5, 5.41) is 11.4. The van der Waals surface area contributed by atoms with Gasteiger partial charge in [0.05, 0.1) is 41.8 Å². The van der Waals surface area contributed by atoms with E-state index in [2.05, 4.69) is 52.0 Å². The third-order valence-corrected chi connectivity index (χ3v) is 14.9. The number of carbonyl (C=O) groups is 3. The first kappa shape index (κ1) is 47.7. The van der Waals surface area contributed by atoms with E-state index in [0.29, 0.717) is 68.0 Å². The van der Waals surface area contributed by atoms with Crippen LogP contribution in [0.5, 0.6) is 0 Å². The molecule has 14 nitrogen and oxygen atoms in total. The van der Waals surface area contributed by atoms with Crippen molar-refractivity contribution in [2.24, 2.45) is 16.2 Å². The molecular formula is C53H67N7O7S. The van der Waals surface area contributed by atoms with Gasteiger partial charge in [-0.3, -0.25) is 14.8 Å². The number of hydrogen-bond donors (Lipinski definition) is 2. The Kier molecular flexibility index (Phi) is 12.5. The molecule has 2 N–H and O–H groups in total. The first-order valence-electron chi connectivity index (χ1n) is 24.1. The van der Waals surface area contributed by atoms with E-state index in [1.54, 1.807) is 0 Å². The second-order valence-corrected chi connectivity index (χ2v) is 23.7. The van der Waals surface area contributed by atoms with Crippen molar-refractivity contribution in [3.8, 4) is 11.1 Å². The van der Waals surface area contributed by atoms with Gasteiger partial charge in [-0.25, -0.2) is 19.6 Å². The van der Waals surface area contributed by atoms with Crippen LogP contribution in [0.15, 0.2) is 60.8 Å². The van der Waals surface area contributed by atoms with E-state index in [9.17, 15) is 14.4 Å². The molecule has 362 valence electrons. The van der Waals surface area contributed by atoms with E-state index in [1.165, 1.54) is 17.8 Å². The number of nitrogens with one attached hydrogen (secondary N) is 2. The lowest BCUT2D eigenvalue weighted by atomic mass is 9.39. The van der Waals surface area contributed by atoms with Crippen LogP contribution in [0.3, 0.4) is 0 Å². The Labute approximate surface area is 403 Å². The van der Waals surface area contributed by atoms with Gasteiger partial charge in [0.25, 0.3) is 5.91 Å². The second-order valence-electron chi connectivity index (χ2n) is 22.7. The standard InChI is InChI=1S/C53H67N7O7S/c1-34-38(25-55-60(34)33-52-28-50(8)27-51(9,29-52)31-53(30-50,32-52)65-24-23-64-22-20-54-47(63)67-49(5,6)7)36-17-18-42(57-43(36)45(62)66-48(2,3)4)59-21-19-35-13-12-14-37(39(35)26-59)44(61)58-46-56-40-15-10-11-16-41(40)68-46/h10-18,25H,19-24,26-33H2,1-9H3,(H,54,63)(H,56,58,61). The minimum absolute atomic E-state index is 0.0186. The molecule has 4 aliphatic carbocycles. The lowest BCUT2D eigenvalue weighted by molar-refractivity contribution is -0.250. The summed E-state index contributed by atoms with van der Waals surface area (Å²) >= 11 is 1.45. The molecule has 2 atom stereocenters. The summed E-state index contributed by atoms with van der Waals surface area (Å²) < 4.78 is 27.3. The third-order valence-electron chi connectivity index (χ3n) is 13.9. The van der Waals surface area contributed by atoms with Gasteiger partial charge in [-0.15, -0.1) is 0 Å². The number of benzene rings is 2. The van der Waals surface area contributed by atoms with Gasteiger partial charge in [-0.2, -0.15) is 5.10 Å². The van der Waals surface area contributed by atoms with Crippen molar-refractivity contribution >= 4 is 50.5 Å². The molecule has 2 unspecified atom stereocenters. The lowest BCUT2D eigenvalue weighted by Gasteiger charge is -2.69. The molecule has 3 aromatic heterocycles. The number of para-hydroxylation sites is 1. The number of thiazole rings is 1. The van der Waals surface area contributed by atoms with E-state index in [-0.39, 0.29) is 33.4 Å². The summed E-state index contributed by atoms with van der Waals surface area (Å²) in [4.78, 5) is 51.9. The summed E-state index contributed by atoms with van der Waals surface area (Å²) in [6.07, 6.45) is 8.53. The highest BCUT2D eigenvalue weighted by Crippen LogP contribution is 2.72. The normalized spacial score (nSPS) is 24.2. The molecule has 15 heteroatoms. The minimum atomic E-state index is -0.741. The highest BCUT2D eigenvalue weighted by Gasteiger charge is 2.66. The highest BCUT2D eigenvalue weighted by atomic mass is 32.1. The van der Waals surface area contributed by atoms with E-state index >= 15 is 0 Å². The molecule has 5 aliphatic rings. The highest BCUT2D eigenvalue weighted by molar-refractivity contribution is 7.22. The zero-order valence-electron chi connectivity index (χ0n) is 41.2. The van der Waals surface area contributed by atoms with Crippen LogP contribution in [0.4, 0.5) is 15.7 Å². The van der Waals surface area contributed by atoms with Crippen LogP contribution in [-0.4, -0.2) is 87.4 Å². The molecule has 0 spiro atoms. The summed E-state index contributed by atoms with van der Waals surface area (Å²) in [6, 6.07) is 17.7. The third kappa shape index (κ3) is 10.3. The number of pyridine rings is 1. The van der Waals surface area contributed by atoms with Crippen molar-refractivity contribution in [1.29, 1.82) is 0 Å². The maximum Gasteiger partial charge on any atom is 0.407 e. The predicted molar refractivity (Wildman–Crippen MR) is 264 cm³/mol. The van der Waals surface area contributed by atoms with Gasteiger partial charge in [-0.05, 0) is 151 Å². The maximum absolute atomic E-state index is 14.2. The van der Waals surface area contributed by atoms with Crippen molar-refractivity contribution in [1.82, 2.24) is 25.1 Å². The number of carbonyl (C=O) groups excluding carboxylic acids is 3. The van der Waals surface area contributed by atoms with Crippen molar-refractivity contribution in [3.05, 3.63) is 88.9 Å². The van der Waals surface area contributed by atoms with Gasteiger partial charge >= 0.3 is 12.1 Å². The van der Waals surface area contributed by atoms with E-state index < -0.39 is 23.3 Å². The van der Waals surface area contributed by atoms with Gasteiger partial charge in [0, 0.05) is 48.6 Å². The van der Waals surface area contributed by atoms with Crippen LogP contribution in [0.2, 0.25) is 0 Å². The van der Waals surface area contributed by atoms with Gasteiger partial charge in [0.1, 0.15) is 17.0 Å². The average molecular weight is 946 g/mol. The topological polar surface area (TPSA) is 159 Å². The predicted octanol–water partition coefficient (Wildman–Crippen LogP) is 10.3. The number of esters is 1. The smallest absolute Gasteiger partial charge is 0.407 e. The molecule has 5 aromatic rings. The Balaban J connectivity index is 0.921. The number of nitrogens with zero attached hydrogens (tertiary/aromatic N) is 5. The quantitative estimate of drug-likeness (QED) is 0.0806. The number of aromatic nitrogens is 4. The van der Waals surface area contributed by atoms with Crippen LogP contribution in [-0.2, 0) is 38.5 Å². The summed E-state index contributed by atoms with van der Waals surface area (Å²) in [5.74, 6) is -0.0748. The van der Waals surface area contributed by atoms with Gasteiger partial charge in [0.2, 0.25) is 0 Å². The fourth-order valence-electron chi connectivity index (χ4n) is 12.7. The number of ether oxygens (including phenoxy) is 4. The molecule has 4 bridgehead atoms. The summed E-state index contributed by atoms with van der Waals surface area (Å²) in [6.45, 7) is 21.6. The number of amides is 2. The van der Waals surface area contributed by atoms with Gasteiger partial charge < -0.3 is 29.2 Å². The van der Waals surface area contributed by atoms with Crippen molar-refractivity contribution in [2.75, 3.05) is 43.1 Å². The lowest BCUT2D eigenvalue weighted by Crippen LogP contribution is -2.64. The zero-order chi connectivity index (χ0) is 48.3. The summed E-state index contributed by atoms with van der Waals surface area (Å²) in [5.41, 5.74) is 4.92. The number of anilines is 2. The first-order valence-corrected chi connectivity index (χ1v) is 24.9. The largest absolute Gasteiger partial charge is 0.455 e. The SMILES string of the molecule is Cc1c(-c2ccc(N3CCc4cccc(C(=O)Nc5nc6ccccc6s5)c4C3)nc2C(=O)OC(C)(C)C)cnn1CC12CC3(C)CC(C)(C1)CC(OCCOCCNC(=O)OC(C)(C)C)(C3)C2. The molecule has 2 aromatic carbocycles. The van der Waals surface area contributed by atoms with Crippen LogP contribution in [0.1, 0.15) is 132 Å². The number of fused-ring (bicyclic) bond motifs is 2. The Bertz CT molecular complexity index is 2680. The molecular weight excluding hydrogens is 879 g/mol. The van der Waals surface area contributed by atoms with Crippen LogP contribution in [0.25, 0.3) is 21.3 Å². The molecule has 0 saturated heterocycles. The van der Waals surface area contributed by atoms with Crippen molar-refractivity contribution in [3.63, 3.8) is 0 Å². The van der Waals surface area contributed by atoms with Crippen LogP contribution >= 0.6 is 11.3 Å². The Morgan fingerprint density at radius 3 is 2.29 bits per heavy atom. The molecule has 2 amide bonds. The van der Waals surface area contributed by atoms with Gasteiger partial charge in [0.15, 0.2) is 10.8 Å². The van der Waals surface area contributed by atoms with Crippen molar-refractivity contribution in [2.45, 2.75) is 137 Å². The van der Waals surface area contributed by atoms with Crippen LogP contribution in [0, 0.1) is 23.2 Å². The number of rotatable bonds is 14. The fraction of sp³-hybridized carbons (Fsp3) is 0.547. The monoisotopic (exact) mass is 945 g/mol. The molecule has 1 aliphatic heterocycles. The Morgan fingerprint density at radius 2 is 1.56 bits per heavy atom. The van der Waals surface area contributed by atoms with E-state index in [1.807, 2.05) is 96.3 Å². The first-order chi connectivity index (χ1) is 32.1. The van der Waals surface area contributed by atoms with Crippen LogP contribution < -0.4 is 15.5 Å². The van der Waals surface area contributed by atoms with Gasteiger partial charge in [-0.1, -0.05) is 49.4 Å². The average Bonchev–Trinajstić information content (AvgIpc) is 3.81. The number of hydrogen-bond acceptors (Lipinski definition) is 12. The fourth-order valence-corrected chi connectivity index (χ4v) is 13.6. The molecule has 68 heavy (non-hydrogen) atoms. The van der Waals surface area contributed by atoms with Crippen molar-refractivity contribution < 1.29 is 33.3 Å². The Morgan fingerprint density at radius 1 is 0.809 bits per heavy atom. The minimum Gasteiger partial charge on any atom is -0.455 e. The number of alkyl carbamates (subject to hydrolysis) is 1.